The highest BCUT2D eigenvalue weighted by atomic mass is 16.6. The van der Waals surface area contributed by atoms with Gasteiger partial charge in [0.1, 0.15) is 11.3 Å². The van der Waals surface area contributed by atoms with Gasteiger partial charge in [0.25, 0.3) is 0 Å². The lowest BCUT2D eigenvalue weighted by Gasteiger charge is -2.19. The van der Waals surface area contributed by atoms with Crippen molar-refractivity contribution in [2.45, 2.75) is 32.8 Å². The summed E-state index contributed by atoms with van der Waals surface area (Å²) < 4.78 is 5.17. The molecule has 1 rings (SSSR count). The van der Waals surface area contributed by atoms with Crippen molar-refractivity contribution in [1.82, 2.24) is 0 Å². The van der Waals surface area contributed by atoms with E-state index < -0.39 is 5.60 Å². The number of hydrogen-bond acceptors (Lipinski definition) is 4. The summed E-state index contributed by atoms with van der Waals surface area (Å²) in [5, 5.41) is 2.78. The number of carbonyl (C=O) groups is 1. The van der Waals surface area contributed by atoms with E-state index in [-0.39, 0.29) is 12.4 Å². The van der Waals surface area contributed by atoms with E-state index in [1.165, 1.54) is 0 Å². The summed E-state index contributed by atoms with van der Waals surface area (Å²) in [7, 11) is 0. The largest absolute Gasteiger partial charge is 0.460 e. The van der Waals surface area contributed by atoms with E-state index in [0.29, 0.717) is 5.69 Å². The van der Waals surface area contributed by atoms with Gasteiger partial charge in [0, 0.05) is 0 Å². The SMILES string of the molecule is CC(C)(C)OC(=O)Cc1ccc(N=O)cc1. The molecular weight excluding hydrogens is 206 g/mol. The highest BCUT2D eigenvalue weighted by Crippen LogP contribution is 2.14. The Kier molecular flexibility index (Phi) is 3.77. The zero-order valence-electron chi connectivity index (χ0n) is 9.69. The Hall–Kier alpha value is -1.71. The number of rotatable bonds is 3. The first-order valence-electron chi connectivity index (χ1n) is 5.05. The van der Waals surface area contributed by atoms with Crippen molar-refractivity contribution < 1.29 is 9.53 Å². The van der Waals surface area contributed by atoms with Gasteiger partial charge in [0.05, 0.1) is 6.42 Å². The third kappa shape index (κ3) is 4.21. The highest BCUT2D eigenvalue weighted by molar-refractivity contribution is 5.73. The molecule has 0 saturated heterocycles. The molecule has 0 heterocycles. The summed E-state index contributed by atoms with van der Waals surface area (Å²) >= 11 is 0. The molecule has 16 heavy (non-hydrogen) atoms. The van der Waals surface area contributed by atoms with Gasteiger partial charge in [-0.2, -0.15) is 0 Å². The second kappa shape index (κ2) is 4.88. The maximum atomic E-state index is 11.5. The zero-order chi connectivity index (χ0) is 12.2. The summed E-state index contributed by atoms with van der Waals surface area (Å²) in [5.41, 5.74) is 0.691. The summed E-state index contributed by atoms with van der Waals surface area (Å²) in [4.78, 5) is 21.7. The molecule has 0 N–H and O–H groups in total. The molecule has 4 nitrogen and oxygen atoms in total. The van der Waals surface area contributed by atoms with Gasteiger partial charge in [-0.05, 0) is 43.6 Å². The third-order valence-electron chi connectivity index (χ3n) is 1.81. The van der Waals surface area contributed by atoms with Crippen LogP contribution in [0.4, 0.5) is 5.69 Å². The normalized spacial score (nSPS) is 10.9. The Morgan fingerprint density at radius 3 is 2.25 bits per heavy atom. The van der Waals surface area contributed by atoms with Crippen molar-refractivity contribution in [1.29, 1.82) is 0 Å². The smallest absolute Gasteiger partial charge is 0.310 e. The minimum atomic E-state index is -0.471. The molecule has 1 aromatic carbocycles. The highest BCUT2D eigenvalue weighted by Gasteiger charge is 2.16. The monoisotopic (exact) mass is 221 g/mol. The summed E-state index contributed by atoms with van der Waals surface area (Å²) in [6.07, 6.45) is 0.205. The minimum absolute atomic E-state index is 0.205. The van der Waals surface area contributed by atoms with Crippen LogP contribution in [0.1, 0.15) is 26.3 Å². The molecule has 0 aromatic heterocycles. The van der Waals surface area contributed by atoms with Gasteiger partial charge >= 0.3 is 5.97 Å². The van der Waals surface area contributed by atoms with E-state index in [1.807, 2.05) is 20.8 Å². The van der Waals surface area contributed by atoms with Gasteiger partial charge in [-0.25, -0.2) is 0 Å². The lowest BCUT2D eigenvalue weighted by atomic mass is 10.1. The quantitative estimate of drug-likeness (QED) is 0.582. The van der Waals surface area contributed by atoms with Gasteiger partial charge in [-0.3, -0.25) is 4.79 Å². The molecule has 0 amide bonds. The average molecular weight is 221 g/mol. The number of benzene rings is 1. The molecule has 0 aliphatic heterocycles. The maximum absolute atomic E-state index is 11.5. The van der Waals surface area contributed by atoms with Crippen LogP contribution < -0.4 is 0 Å². The van der Waals surface area contributed by atoms with Crippen LogP contribution in [0.2, 0.25) is 0 Å². The van der Waals surface area contributed by atoms with Crippen LogP contribution in [-0.2, 0) is 16.0 Å². The summed E-state index contributed by atoms with van der Waals surface area (Å²) in [6.45, 7) is 5.47. The second-order valence-corrected chi connectivity index (χ2v) is 4.52. The number of esters is 1. The molecular formula is C12H15NO3. The van der Waals surface area contributed by atoms with Gasteiger partial charge in [-0.15, -0.1) is 4.91 Å². The fraction of sp³-hybridized carbons (Fsp3) is 0.417. The Morgan fingerprint density at radius 1 is 1.25 bits per heavy atom. The van der Waals surface area contributed by atoms with Crippen molar-refractivity contribution in [3.05, 3.63) is 34.7 Å². The van der Waals surface area contributed by atoms with Crippen LogP contribution in [-0.4, -0.2) is 11.6 Å². The molecule has 0 bridgehead atoms. The molecule has 0 unspecified atom stereocenters. The fourth-order valence-corrected chi connectivity index (χ4v) is 1.22. The van der Waals surface area contributed by atoms with E-state index in [2.05, 4.69) is 5.18 Å². The molecule has 4 heteroatoms. The number of ether oxygens (including phenoxy) is 1. The van der Waals surface area contributed by atoms with Crippen LogP contribution in [0.15, 0.2) is 29.4 Å². The Morgan fingerprint density at radius 2 is 1.81 bits per heavy atom. The van der Waals surface area contributed by atoms with Crippen molar-refractivity contribution in [3.8, 4) is 0 Å². The maximum Gasteiger partial charge on any atom is 0.310 e. The first kappa shape index (κ1) is 12.4. The molecule has 0 aliphatic carbocycles. The molecule has 0 atom stereocenters. The first-order valence-corrected chi connectivity index (χ1v) is 5.05. The Labute approximate surface area is 94.6 Å². The fourth-order valence-electron chi connectivity index (χ4n) is 1.22. The van der Waals surface area contributed by atoms with Gasteiger partial charge in [0.2, 0.25) is 0 Å². The molecule has 1 aromatic rings. The standard InChI is InChI=1S/C12H15NO3/c1-12(2,3)16-11(14)8-9-4-6-10(13-15)7-5-9/h4-7H,8H2,1-3H3. The van der Waals surface area contributed by atoms with Crippen molar-refractivity contribution in [2.24, 2.45) is 5.18 Å². The molecule has 0 saturated carbocycles. The van der Waals surface area contributed by atoms with Crippen LogP contribution in [0, 0.1) is 4.91 Å². The van der Waals surface area contributed by atoms with E-state index in [9.17, 15) is 9.70 Å². The third-order valence-corrected chi connectivity index (χ3v) is 1.81. The molecule has 86 valence electrons. The molecule has 0 aliphatic rings. The van der Waals surface area contributed by atoms with Gasteiger partial charge in [0.15, 0.2) is 0 Å². The first-order chi connectivity index (χ1) is 7.40. The van der Waals surface area contributed by atoms with Crippen LogP contribution in [0.25, 0.3) is 0 Å². The van der Waals surface area contributed by atoms with Crippen LogP contribution in [0.3, 0.4) is 0 Å². The number of carbonyl (C=O) groups excluding carboxylic acids is 1. The number of nitrogens with zero attached hydrogens (tertiary/aromatic N) is 1. The van der Waals surface area contributed by atoms with Gasteiger partial charge in [-0.1, -0.05) is 12.1 Å². The van der Waals surface area contributed by atoms with E-state index in [1.54, 1.807) is 24.3 Å². The Balaban J connectivity index is 2.59. The van der Waals surface area contributed by atoms with Crippen LogP contribution in [0.5, 0.6) is 0 Å². The van der Waals surface area contributed by atoms with E-state index in [4.69, 9.17) is 4.74 Å². The predicted octanol–water partition coefficient (Wildman–Crippen LogP) is 2.97. The lowest BCUT2D eigenvalue weighted by Crippen LogP contribution is -2.24. The number of nitroso groups, excluding NO2 is 1. The van der Waals surface area contributed by atoms with Crippen molar-refractivity contribution in [2.75, 3.05) is 0 Å². The second-order valence-electron chi connectivity index (χ2n) is 4.52. The van der Waals surface area contributed by atoms with Gasteiger partial charge < -0.3 is 4.74 Å². The topological polar surface area (TPSA) is 55.7 Å². The minimum Gasteiger partial charge on any atom is -0.460 e. The predicted molar refractivity (Wildman–Crippen MR) is 61.4 cm³/mol. The molecule has 0 fully saturated rings. The van der Waals surface area contributed by atoms with Crippen molar-refractivity contribution in [3.63, 3.8) is 0 Å². The van der Waals surface area contributed by atoms with E-state index >= 15 is 0 Å². The summed E-state index contributed by atoms with van der Waals surface area (Å²) in [6, 6.07) is 6.54. The Bertz CT molecular complexity index is 376. The average Bonchev–Trinajstić information content (AvgIpc) is 2.16. The molecule has 0 spiro atoms. The molecule has 0 radical (unpaired) electrons. The van der Waals surface area contributed by atoms with E-state index in [0.717, 1.165) is 5.56 Å². The summed E-state index contributed by atoms with van der Waals surface area (Å²) in [5.74, 6) is -0.278. The lowest BCUT2D eigenvalue weighted by molar-refractivity contribution is -0.153. The van der Waals surface area contributed by atoms with Crippen LogP contribution >= 0.6 is 0 Å². The number of hydrogen-bond donors (Lipinski definition) is 0. The van der Waals surface area contributed by atoms with Crippen molar-refractivity contribution >= 4 is 11.7 Å². The zero-order valence-corrected chi connectivity index (χ0v) is 9.69.